The Labute approximate surface area is 120 Å². The van der Waals surface area contributed by atoms with Gasteiger partial charge in [-0.2, -0.15) is 0 Å². The van der Waals surface area contributed by atoms with E-state index in [4.69, 9.17) is 16.3 Å². The highest BCUT2D eigenvalue weighted by Gasteiger charge is 2.10. The lowest BCUT2D eigenvalue weighted by Gasteiger charge is -2.08. The minimum absolute atomic E-state index is 0.292. The summed E-state index contributed by atoms with van der Waals surface area (Å²) in [4.78, 5) is 33.3. The average molecular weight is 301 g/mol. The van der Waals surface area contributed by atoms with Gasteiger partial charge in [0, 0.05) is 5.02 Å². The van der Waals surface area contributed by atoms with Crippen LogP contribution >= 0.6 is 11.6 Å². The Balaban J connectivity index is 2.25. The fourth-order valence-electron chi connectivity index (χ4n) is 1.10. The Bertz CT molecular complexity index is 489. The van der Waals surface area contributed by atoms with E-state index in [1.807, 2.05) is 0 Å². The van der Waals surface area contributed by atoms with Crippen molar-refractivity contribution in [3.8, 4) is 5.75 Å². The van der Waals surface area contributed by atoms with E-state index in [0.717, 1.165) is 7.11 Å². The maximum Gasteiger partial charge on any atom is 0.315 e. The Morgan fingerprint density at radius 3 is 2.30 bits per heavy atom. The normalized spacial score (nSPS) is 9.50. The summed E-state index contributed by atoms with van der Waals surface area (Å²) in [6.07, 6.45) is -0.477. The molecule has 0 aliphatic carbocycles. The number of ether oxygens (including phenoxy) is 2. The molecule has 0 unspecified atom stereocenters. The Morgan fingerprint density at radius 2 is 1.70 bits per heavy atom. The lowest BCUT2D eigenvalue weighted by Crippen LogP contribution is -2.44. The summed E-state index contributed by atoms with van der Waals surface area (Å²) >= 11 is 5.69. The number of amides is 2. The van der Waals surface area contributed by atoms with Crippen molar-refractivity contribution in [1.82, 2.24) is 10.9 Å². The van der Waals surface area contributed by atoms with E-state index < -0.39 is 24.2 Å². The molecule has 2 amide bonds. The lowest BCUT2D eigenvalue weighted by molar-refractivity contribution is -0.144. The third-order valence-corrected chi connectivity index (χ3v) is 2.31. The fraction of sp³-hybridized carbons (Fsp3) is 0.250. The van der Waals surface area contributed by atoms with Crippen LogP contribution in [0.5, 0.6) is 5.75 Å². The first-order valence-electron chi connectivity index (χ1n) is 5.54. The molecule has 2 N–H and O–H groups in total. The van der Waals surface area contributed by atoms with Crippen LogP contribution in [0.3, 0.4) is 0 Å². The van der Waals surface area contributed by atoms with E-state index in [1.165, 1.54) is 0 Å². The third-order valence-electron chi connectivity index (χ3n) is 2.06. The van der Waals surface area contributed by atoms with Crippen molar-refractivity contribution >= 4 is 29.4 Å². The molecule has 7 nitrogen and oxygen atoms in total. The van der Waals surface area contributed by atoms with Crippen LogP contribution in [0, 0.1) is 0 Å². The molecule has 0 heterocycles. The maximum absolute atomic E-state index is 11.4. The van der Waals surface area contributed by atoms with Crippen molar-refractivity contribution in [3.63, 3.8) is 0 Å². The van der Waals surface area contributed by atoms with E-state index in [1.54, 1.807) is 24.3 Å². The van der Waals surface area contributed by atoms with Gasteiger partial charge in [0.25, 0.3) is 5.91 Å². The fourth-order valence-corrected chi connectivity index (χ4v) is 1.23. The van der Waals surface area contributed by atoms with Crippen LogP contribution in [0.4, 0.5) is 0 Å². The molecule has 0 radical (unpaired) electrons. The van der Waals surface area contributed by atoms with Crippen molar-refractivity contribution in [1.29, 1.82) is 0 Å². The first kappa shape index (κ1) is 15.8. The molecule has 0 aromatic heterocycles. The van der Waals surface area contributed by atoms with Gasteiger partial charge in [-0.1, -0.05) is 11.6 Å². The van der Waals surface area contributed by atoms with Crippen LogP contribution in [-0.2, 0) is 19.1 Å². The molecular formula is C12H13ClN2O5. The molecule has 0 fully saturated rings. The predicted octanol–water partition coefficient (Wildman–Crippen LogP) is 0.429. The second kappa shape index (κ2) is 8.00. The molecule has 0 saturated carbocycles. The van der Waals surface area contributed by atoms with E-state index in [9.17, 15) is 14.4 Å². The minimum Gasteiger partial charge on any atom is -0.484 e. The first-order valence-corrected chi connectivity index (χ1v) is 5.92. The molecule has 0 saturated heterocycles. The van der Waals surface area contributed by atoms with Crippen LogP contribution in [0.2, 0.25) is 5.02 Å². The highest BCUT2D eigenvalue weighted by molar-refractivity contribution is 6.30. The molecule has 0 aliphatic heterocycles. The molecule has 108 valence electrons. The zero-order valence-corrected chi connectivity index (χ0v) is 11.4. The summed E-state index contributed by atoms with van der Waals surface area (Å²) in [5.41, 5.74) is 4.15. The van der Waals surface area contributed by atoms with Crippen molar-refractivity contribution in [3.05, 3.63) is 29.3 Å². The zero-order chi connectivity index (χ0) is 15.0. The number of hydrogen-bond donors (Lipinski definition) is 2. The van der Waals surface area contributed by atoms with Gasteiger partial charge in [0.05, 0.1) is 7.11 Å². The molecule has 0 atom stereocenters. The first-order chi connectivity index (χ1) is 9.51. The topological polar surface area (TPSA) is 93.7 Å². The number of rotatable bonds is 5. The summed E-state index contributed by atoms with van der Waals surface area (Å²) in [5.74, 6) is -1.49. The number of methoxy groups -OCH3 is 1. The molecule has 8 heteroatoms. The van der Waals surface area contributed by atoms with E-state index in [-0.39, 0.29) is 6.61 Å². The smallest absolute Gasteiger partial charge is 0.315 e. The number of esters is 1. The number of carbonyl (C=O) groups excluding carboxylic acids is 3. The molecule has 20 heavy (non-hydrogen) atoms. The highest BCUT2D eigenvalue weighted by atomic mass is 35.5. The molecule has 0 spiro atoms. The summed E-state index contributed by atoms with van der Waals surface area (Å²) < 4.78 is 9.44. The standard InChI is InChI=1S/C12H13ClN2O5/c1-19-12(18)6-10(16)14-15-11(17)7-20-9-4-2-8(13)3-5-9/h2-5H,6-7H2,1H3,(H,14,16)(H,15,17). The number of carbonyl (C=O) groups is 3. The average Bonchev–Trinajstić information content (AvgIpc) is 2.44. The van der Waals surface area contributed by atoms with Crippen molar-refractivity contribution in [2.45, 2.75) is 6.42 Å². The second-order valence-electron chi connectivity index (χ2n) is 3.59. The summed E-state index contributed by atoms with van der Waals surface area (Å²) in [7, 11) is 1.16. The summed E-state index contributed by atoms with van der Waals surface area (Å²) in [5, 5.41) is 0.553. The van der Waals surface area contributed by atoms with Gasteiger partial charge < -0.3 is 9.47 Å². The van der Waals surface area contributed by atoms with E-state index in [0.29, 0.717) is 10.8 Å². The minimum atomic E-state index is -0.700. The van der Waals surface area contributed by atoms with Crippen molar-refractivity contribution < 1.29 is 23.9 Å². The summed E-state index contributed by atoms with van der Waals surface area (Å²) in [6, 6.07) is 6.44. The number of nitrogens with one attached hydrogen (secondary N) is 2. The SMILES string of the molecule is COC(=O)CC(=O)NNC(=O)COc1ccc(Cl)cc1. The van der Waals surface area contributed by atoms with E-state index >= 15 is 0 Å². The number of benzene rings is 1. The zero-order valence-electron chi connectivity index (χ0n) is 10.6. The van der Waals surface area contributed by atoms with Crippen molar-refractivity contribution in [2.24, 2.45) is 0 Å². The Kier molecular flexibility index (Phi) is 6.31. The third kappa shape index (κ3) is 6.05. The lowest BCUT2D eigenvalue weighted by atomic mass is 10.3. The van der Waals surface area contributed by atoms with Crippen LogP contribution < -0.4 is 15.6 Å². The van der Waals surface area contributed by atoms with Crippen LogP contribution in [-0.4, -0.2) is 31.5 Å². The Hall–Kier alpha value is -2.28. The number of hydrazine groups is 1. The van der Waals surface area contributed by atoms with Crippen LogP contribution in [0.1, 0.15) is 6.42 Å². The quantitative estimate of drug-likeness (QED) is 0.467. The Morgan fingerprint density at radius 1 is 1.10 bits per heavy atom. The molecule has 1 rings (SSSR count). The van der Waals surface area contributed by atoms with Crippen molar-refractivity contribution in [2.75, 3.05) is 13.7 Å². The highest BCUT2D eigenvalue weighted by Crippen LogP contribution is 2.15. The van der Waals surface area contributed by atoms with Crippen LogP contribution in [0.15, 0.2) is 24.3 Å². The number of hydrogen-bond acceptors (Lipinski definition) is 5. The molecule has 0 bridgehead atoms. The van der Waals surface area contributed by atoms with Gasteiger partial charge in [-0.3, -0.25) is 25.2 Å². The summed E-state index contributed by atoms with van der Waals surface area (Å²) in [6.45, 7) is -0.292. The van der Waals surface area contributed by atoms with Crippen LogP contribution in [0.25, 0.3) is 0 Å². The second-order valence-corrected chi connectivity index (χ2v) is 4.03. The number of halogens is 1. The van der Waals surface area contributed by atoms with Gasteiger partial charge in [-0.05, 0) is 24.3 Å². The monoisotopic (exact) mass is 300 g/mol. The molecule has 1 aromatic carbocycles. The van der Waals surface area contributed by atoms with Gasteiger partial charge in [-0.15, -0.1) is 0 Å². The van der Waals surface area contributed by atoms with Gasteiger partial charge >= 0.3 is 5.97 Å². The molecule has 1 aromatic rings. The largest absolute Gasteiger partial charge is 0.484 e. The molecular weight excluding hydrogens is 288 g/mol. The van der Waals surface area contributed by atoms with Gasteiger partial charge in [0.2, 0.25) is 5.91 Å². The van der Waals surface area contributed by atoms with Gasteiger partial charge in [0.1, 0.15) is 12.2 Å². The predicted molar refractivity (Wildman–Crippen MR) is 69.9 cm³/mol. The van der Waals surface area contributed by atoms with E-state index in [2.05, 4.69) is 15.6 Å². The molecule has 0 aliphatic rings. The van der Waals surface area contributed by atoms with Gasteiger partial charge in [-0.25, -0.2) is 0 Å². The van der Waals surface area contributed by atoms with Gasteiger partial charge in [0.15, 0.2) is 6.61 Å². The maximum atomic E-state index is 11.4.